The lowest BCUT2D eigenvalue weighted by Gasteiger charge is -2.25. The molecular formula is C15H18N2O4S. The third-order valence-electron chi connectivity index (χ3n) is 3.65. The van der Waals surface area contributed by atoms with Gasteiger partial charge in [-0.25, -0.2) is 0 Å². The van der Waals surface area contributed by atoms with Gasteiger partial charge < -0.3 is 9.73 Å². The predicted molar refractivity (Wildman–Crippen MR) is 84.0 cm³/mol. The van der Waals surface area contributed by atoms with E-state index in [-0.39, 0.29) is 11.8 Å². The van der Waals surface area contributed by atoms with Crippen molar-refractivity contribution < 1.29 is 14.1 Å². The Balaban J connectivity index is 2.18. The summed E-state index contributed by atoms with van der Waals surface area (Å²) in [6.07, 6.45) is 1.86. The Morgan fingerprint density at radius 3 is 2.59 bits per heavy atom. The van der Waals surface area contributed by atoms with Crippen molar-refractivity contribution in [3.63, 3.8) is 0 Å². The highest BCUT2D eigenvalue weighted by Crippen LogP contribution is 2.31. The predicted octanol–water partition coefficient (Wildman–Crippen LogP) is 4.16. The van der Waals surface area contributed by atoms with Crippen molar-refractivity contribution in [1.82, 2.24) is 5.32 Å². The average molecular weight is 322 g/mol. The van der Waals surface area contributed by atoms with Crippen LogP contribution in [0.4, 0.5) is 5.88 Å². The maximum Gasteiger partial charge on any atom is 0.433 e. The van der Waals surface area contributed by atoms with Crippen molar-refractivity contribution in [1.29, 1.82) is 0 Å². The summed E-state index contributed by atoms with van der Waals surface area (Å²) < 4.78 is 4.96. The Morgan fingerprint density at radius 1 is 1.36 bits per heavy atom. The van der Waals surface area contributed by atoms with Crippen LogP contribution in [0.25, 0.3) is 0 Å². The molecular weight excluding hydrogens is 304 g/mol. The molecule has 0 bridgehead atoms. The molecule has 0 saturated heterocycles. The number of nitro groups is 1. The van der Waals surface area contributed by atoms with Crippen molar-refractivity contribution in [3.05, 3.63) is 50.4 Å². The van der Waals surface area contributed by atoms with E-state index >= 15 is 0 Å². The lowest BCUT2D eigenvalue weighted by atomic mass is 9.93. The van der Waals surface area contributed by atoms with E-state index < -0.39 is 16.7 Å². The van der Waals surface area contributed by atoms with Gasteiger partial charge in [-0.1, -0.05) is 32.8 Å². The Kier molecular flexibility index (Phi) is 5.32. The first-order valence-corrected chi connectivity index (χ1v) is 8.03. The third-order valence-corrected chi connectivity index (χ3v) is 4.61. The van der Waals surface area contributed by atoms with Crippen molar-refractivity contribution in [2.24, 2.45) is 5.92 Å². The van der Waals surface area contributed by atoms with E-state index in [1.807, 2.05) is 17.5 Å². The van der Waals surface area contributed by atoms with Gasteiger partial charge in [-0.2, -0.15) is 0 Å². The number of hydrogen-bond acceptors (Lipinski definition) is 5. The molecule has 118 valence electrons. The molecule has 1 amide bonds. The van der Waals surface area contributed by atoms with Crippen molar-refractivity contribution in [2.45, 2.75) is 32.7 Å². The zero-order valence-electron chi connectivity index (χ0n) is 12.4. The van der Waals surface area contributed by atoms with Crippen molar-refractivity contribution in [3.8, 4) is 0 Å². The lowest BCUT2D eigenvalue weighted by molar-refractivity contribution is -0.402. The first-order valence-electron chi connectivity index (χ1n) is 7.15. The van der Waals surface area contributed by atoms with Crippen LogP contribution in [-0.4, -0.2) is 10.8 Å². The Bertz CT molecular complexity index is 632. The second-order valence-electron chi connectivity index (χ2n) is 4.94. The molecule has 0 aliphatic carbocycles. The smallest absolute Gasteiger partial charge is 0.395 e. The van der Waals surface area contributed by atoms with Crippen LogP contribution in [0.15, 0.2) is 34.1 Å². The largest absolute Gasteiger partial charge is 0.433 e. The first-order chi connectivity index (χ1) is 10.6. The van der Waals surface area contributed by atoms with E-state index in [9.17, 15) is 14.9 Å². The average Bonchev–Trinajstić information content (AvgIpc) is 3.18. The van der Waals surface area contributed by atoms with Gasteiger partial charge in [-0.05, 0) is 23.4 Å². The Labute approximate surface area is 132 Å². The Hall–Kier alpha value is -2.15. The fourth-order valence-electron chi connectivity index (χ4n) is 2.41. The van der Waals surface area contributed by atoms with Gasteiger partial charge in [0.25, 0.3) is 5.91 Å². The van der Waals surface area contributed by atoms with Crippen LogP contribution in [0.2, 0.25) is 0 Å². The van der Waals surface area contributed by atoms with Crippen LogP contribution in [0.1, 0.15) is 48.2 Å². The molecule has 1 N–H and O–H groups in total. The van der Waals surface area contributed by atoms with Gasteiger partial charge in [0.05, 0.1) is 12.1 Å². The summed E-state index contributed by atoms with van der Waals surface area (Å²) in [6, 6.07) is 6.32. The molecule has 0 aliphatic rings. The van der Waals surface area contributed by atoms with E-state index in [2.05, 4.69) is 19.2 Å². The molecule has 0 aliphatic heterocycles. The second-order valence-corrected chi connectivity index (χ2v) is 5.92. The number of nitrogens with zero attached hydrogens (tertiary/aromatic N) is 1. The Morgan fingerprint density at radius 2 is 2.09 bits per heavy atom. The van der Waals surface area contributed by atoms with Crippen molar-refractivity contribution in [2.75, 3.05) is 0 Å². The zero-order chi connectivity index (χ0) is 16.1. The minimum Gasteiger partial charge on any atom is -0.395 e. The van der Waals surface area contributed by atoms with Crippen LogP contribution in [0, 0.1) is 16.0 Å². The molecule has 7 heteroatoms. The van der Waals surface area contributed by atoms with Gasteiger partial charge in [0.1, 0.15) is 4.92 Å². The number of thiophene rings is 1. The zero-order valence-corrected chi connectivity index (χ0v) is 13.3. The van der Waals surface area contributed by atoms with Crippen LogP contribution in [0.3, 0.4) is 0 Å². The maximum absolute atomic E-state index is 12.3. The van der Waals surface area contributed by atoms with Gasteiger partial charge in [0, 0.05) is 4.88 Å². The molecule has 2 heterocycles. The summed E-state index contributed by atoms with van der Waals surface area (Å²) in [7, 11) is 0. The molecule has 0 radical (unpaired) electrons. The molecule has 0 aromatic carbocycles. The van der Waals surface area contributed by atoms with E-state index in [1.54, 1.807) is 11.3 Å². The molecule has 1 atom stereocenters. The van der Waals surface area contributed by atoms with Gasteiger partial charge in [0.2, 0.25) is 0 Å². The number of carbonyl (C=O) groups is 1. The monoisotopic (exact) mass is 322 g/mol. The topological polar surface area (TPSA) is 85.4 Å². The maximum atomic E-state index is 12.3. The molecule has 6 nitrogen and oxygen atoms in total. The SMILES string of the molecule is CCC(CC)C(NC(=O)c1ccc([N+](=O)[O-])o1)c1cccs1. The highest BCUT2D eigenvalue weighted by Gasteiger charge is 2.26. The minimum atomic E-state index is -0.658. The first kappa shape index (κ1) is 16.2. The third kappa shape index (κ3) is 3.54. The summed E-state index contributed by atoms with van der Waals surface area (Å²) in [5.74, 6) is -0.606. The van der Waals surface area contributed by atoms with E-state index in [1.165, 1.54) is 12.1 Å². The van der Waals surface area contributed by atoms with Gasteiger partial charge in [-0.3, -0.25) is 14.9 Å². The number of carbonyl (C=O) groups excluding carboxylic acids is 1. The van der Waals surface area contributed by atoms with E-state index in [0.29, 0.717) is 5.92 Å². The van der Waals surface area contributed by atoms with Gasteiger partial charge in [-0.15, -0.1) is 11.3 Å². The summed E-state index contributed by atoms with van der Waals surface area (Å²) in [5, 5.41) is 15.5. The molecule has 0 fully saturated rings. The summed E-state index contributed by atoms with van der Waals surface area (Å²) in [5.41, 5.74) is 0. The quantitative estimate of drug-likeness (QED) is 0.612. The molecule has 0 spiro atoms. The minimum absolute atomic E-state index is 0.0424. The number of hydrogen-bond donors (Lipinski definition) is 1. The molecule has 2 rings (SSSR count). The lowest BCUT2D eigenvalue weighted by Crippen LogP contribution is -2.32. The van der Waals surface area contributed by atoms with Crippen molar-refractivity contribution >= 4 is 23.1 Å². The van der Waals surface area contributed by atoms with Crippen LogP contribution < -0.4 is 5.32 Å². The highest BCUT2D eigenvalue weighted by molar-refractivity contribution is 7.10. The fraction of sp³-hybridized carbons (Fsp3) is 0.400. The summed E-state index contributed by atoms with van der Waals surface area (Å²) in [6.45, 7) is 4.16. The standard InChI is InChI=1S/C15H18N2O4S/c1-3-10(4-2)14(12-6-5-9-22-12)16-15(18)11-7-8-13(21-11)17(19)20/h5-10,14H,3-4H2,1-2H3,(H,16,18). The molecule has 22 heavy (non-hydrogen) atoms. The van der Waals surface area contributed by atoms with E-state index in [4.69, 9.17) is 4.42 Å². The fourth-order valence-corrected chi connectivity index (χ4v) is 3.28. The highest BCUT2D eigenvalue weighted by atomic mass is 32.1. The van der Waals surface area contributed by atoms with Crippen LogP contribution >= 0.6 is 11.3 Å². The van der Waals surface area contributed by atoms with Crippen LogP contribution in [0.5, 0.6) is 0 Å². The van der Waals surface area contributed by atoms with Gasteiger partial charge in [0.15, 0.2) is 5.76 Å². The summed E-state index contributed by atoms with van der Waals surface area (Å²) in [4.78, 5) is 23.3. The number of amides is 1. The molecule has 2 aromatic rings. The molecule has 2 aromatic heterocycles. The second kappa shape index (κ2) is 7.22. The van der Waals surface area contributed by atoms with Gasteiger partial charge >= 0.3 is 5.88 Å². The molecule has 1 unspecified atom stereocenters. The summed E-state index contributed by atoms with van der Waals surface area (Å²) >= 11 is 1.58. The van der Waals surface area contributed by atoms with E-state index in [0.717, 1.165) is 17.7 Å². The van der Waals surface area contributed by atoms with Crippen LogP contribution in [-0.2, 0) is 0 Å². The number of nitrogens with one attached hydrogen (secondary N) is 1. The number of rotatable bonds is 7. The normalized spacial score (nSPS) is 12.3. The molecule has 0 saturated carbocycles. The number of furan rings is 1.